The molecule has 0 atom stereocenters. The van der Waals surface area contributed by atoms with Crippen LogP contribution in [0.25, 0.3) is 0 Å². The highest BCUT2D eigenvalue weighted by Crippen LogP contribution is 2.11. The van der Waals surface area contributed by atoms with Crippen LogP contribution in [0.5, 0.6) is 5.75 Å². The molecule has 0 unspecified atom stereocenters. The number of benzene rings is 1. The van der Waals surface area contributed by atoms with Crippen LogP contribution in [0.3, 0.4) is 0 Å². The first-order valence-electron chi connectivity index (χ1n) is 4.76. The Bertz CT molecular complexity index is 248. The van der Waals surface area contributed by atoms with Crippen molar-refractivity contribution in [1.82, 2.24) is 5.32 Å². The van der Waals surface area contributed by atoms with Crippen LogP contribution in [0.15, 0.2) is 24.3 Å². The molecule has 0 saturated carbocycles. The standard InChI is InChI=1S/C11H16FNO/c1-14-11-4-2-10(3-5-11)6-8-13-9-7-12/h2-5,13H,6-9H2,1H3. The third-order valence-corrected chi connectivity index (χ3v) is 2.02. The zero-order chi connectivity index (χ0) is 10.2. The molecule has 0 bridgehead atoms. The molecule has 1 aromatic carbocycles. The summed E-state index contributed by atoms with van der Waals surface area (Å²) >= 11 is 0. The third kappa shape index (κ3) is 3.75. The van der Waals surface area contributed by atoms with Gasteiger partial charge >= 0.3 is 0 Å². The minimum absolute atomic E-state index is 0.303. The molecule has 0 aliphatic heterocycles. The summed E-state index contributed by atoms with van der Waals surface area (Å²) in [7, 11) is 1.65. The summed E-state index contributed by atoms with van der Waals surface area (Å²) in [4.78, 5) is 0. The van der Waals surface area contributed by atoms with E-state index in [1.54, 1.807) is 7.11 Å². The Hall–Kier alpha value is -1.09. The van der Waals surface area contributed by atoms with Crippen LogP contribution in [-0.4, -0.2) is 26.9 Å². The van der Waals surface area contributed by atoms with Gasteiger partial charge < -0.3 is 10.1 Å². The number of hydrogen-bond acceptors (Lipinski definition) is 2. The smallest absolute Gasteiger partial charge is 0.118 e. The molecule has 1 N–H and O–H groups in total. The number of alkyl halides is 1. The number of hydrogen-bond donors (Lipinski definition) is 1. The van der Waals surface area contributed by atoms with E-state index in [0.29, 0.717) is 6.54 Å². The monoisotopic (exact) mass is 197 g/mol. The summed E-state index contributed by atoms with van der Waals surface area (Å²) in [5.74, 6) is 0.866. The molecular weight excluding hydrogens is 181 g/mol. The summed E-state index contributed by atoms with van der Waals surface area (Å²) in [6, 6.07) is 7.92. The molecule has 78 valence electrons. The Kier molecular flexibility index (Phi) is 5.00. The highest BCUT2D eigenvalue weighted by atomic mass is 19.1. The molecule has 0 fully saturated rings. The van der Waals surface area contributed by atoms with Crippen LogP contribution >= 0.6 is 0 Å². The molecule has 0 aliphatic carbocycles. The normalized spacial score (nSPS) is 10.1. The van der Waals surface area contributed by atoms with Crippen molar-refractivity contribution < 1.29 is 9.13 Å². The second kappa shape index (κ2) is 6.38. The quantitative estimate of drug-likeness (QED) is 0.702. The van der Waals surface area contributed by atoms with Crippen LogP contribution in [0.1, 0.15) is 5.56 Å². The van der Waals surface area contributed by atoms with Gasteiger partial charge in [0.1, 0.15) is 12.4 Å². The zero-order valence-electron chi connectivity index (χ0n) is 8.42. The first-order valence-corrected chi connectivity index (χ1v) is 4.76. The van der Waals surface area contributed by atoms with E-state index < -0.39 is 0 Å². The van der Waals surface area contributed by atoms with E-state index in [1.165, 1.54) is 5.56 Å². The number of ether oxygens (including phenoxy) is 1. The predicted molar refractivity (Wildman–Crippen MR) is 55.5 cm³/mol. The Labute approximate surface area is 84.1 Å². The Balaban J connectivity index is 2.29. The SMILES string of the molecule is COc1ccc(CCNCCF)cc1. The van der Waals surface area contributed by atoms with Crippen molar-refractivity contribution >= 4 is 0 Å². The van der Waals surface area contributed by atoms with Gasteiger partial charge in [-0.2, -0.15) is 0 Å². The number of methoxy groups -OCH3 is 1. The Morgan fingerprint density at radius 2 is 1.93 bits per heavy atom. The molecule has 0 heterocycles. The average molecular weight is 197 g/mol. The van der Waals surface area contributed by atoms with E-state index in [9.17, 15) is 4.39 Å². The minimum atomic E-state index is -0.303. The maximum Gasteiger partial charge on any atom is 0.118 e. The van der Waals surface area contributed by atoms with Crippen LogP contribution in [0, 0.1) is 0 Å². The lowest BCUT2D eigenvalue weighted by atomic mass is 10.1. The van der Waals surface area contributed by atoms with E-state index in [0.717, 1.165) is 18.7 Å². The van der Waals surface area contributed by atoms with Crippen LogP contribution in [0.4, 0.5) is 4.39 Å². The first kappa shape index (κ1) is 11.0. The van der Waals surface area contributed by atoms with E-state index in [1.807, 2.05) is 24.3 Å². The molecule has 0 saturated heterocycles. The number of halogens is 1. The maximum absolute atomic E-state index is 11.7. The van der Waals surface area contributed by atoms with Crippen molar-refractivity contribution in [3.8, 4) is 5.75 Å². The summed E-state index contributed by atoms with van der Waals surface area (Å²) in [5.41, 5.74) is 1.23. The molecule has 0 aromatic heterocycles. The molecule has 1 aromatic rings. The van der Waals surface area contributed by atoms with Gasteiger partial charge in [-0.05, 0) is 30.7 Å². The van der Waals surface area contributed by atoms with Gasteiger partial charge in [-0.25, -0.2) is 4.39 Å². The summed E-state index contributed by atoms with van der Waals surface area (Å²) in [5, 5.41) is 3.01. The van der Waals surface area contributed by atoms with Crippen molar-refractivity contribution in [3.63, 3.8) is 0 Å². The van der Waals surface area contributed by atoms with E-state index in [-0.39, 0.29) is 6.67 Å². The van der Waals surface area contributed by atoms with Gasteiger partial charge in [0.05, 0.1) is 7.11 Å². The summed E-state index contributed by atoms with van der Waals surface area (Å²) < 4.78 is 16.8. The van der Waals surface area contributed by atoms with Crippen LogP contribution in [-0.2, 0) is 6.42 Å². The highest BCUT2D eigenvalue weighted by Gasteiger charge is 1.94. The summed E-state index contributed by atoms with van der Waals surface area (Å²) in [6.45, 7) is 0.953. The third-order valence-electron chi connectivity index (χ3n) is 2.02. The van der Waals surface area contributed by atoms with Gasteiger partial charge in [0, 0.05) is 6.54 Å². The maximum atomic E-state index is 11.7. The topological polar surface area (TPSA) is 21.3 Å². The molecule has 3 heteroatoms. The fourth-order valence-electron chi connectivity index (χ4n) is 1.22. The van der Waals surface area contributed by atoms with Crippen LogP contribution in [0.2, 0.25) is 0 Å². The zero-order valence-corrected chi connectivity index (χ0v) is 8.42. The highest BCUT2D eigenvalue weighted by molar-refractivity contribution is 5.27. The van der Waals surface area contributed by atoms with Crippen molar-refractivity contribution in [2.45, 2.75) is 6.42 Å². The van der Waals surface area contributed by atoms with Gasteiger partial charge in [0.25, 0.3) is 0 Å². The number of nitrogens with one attached hydrogen (secondary N) is 1. The summed E-state index contributed by atoms with van der Waals surface area (Å²) in [6.07, 6.45) is 0.921. The van der Waals surface area contributed by atoms with E-state index in [2.05, 4.69) is 5.32 Å². The molecule has 0 spiro atoms. The fraction of sp³-hybridized carbons (Fsp3) is 0.455. The van der Waals surface area contributed by atoms with E-state index in [4.69, 9.17) is 4.74 Å². The van der Waals surface area contributed by atoms with Gasteiger partial charge in [0.2, 0.25) is 0 Å². The minimum Gasteiger partial charge on any atom is -0.497 e. The Morgan fingerprint density at radius 3 is 2.50 bits per heavy atom. The molecule has 0 radical (unpaired) electrons. The predicted octanol–water partition coefficient (Wildman–Crippen LogP) is 1.80. The lowest BCUT2D eigenvalue weighted by Gasteiger charge is -2.04. The average Bonchev–Trinajstić information content (AvgIpc) is 2.25. The largest absolute Gasteiger partial charge is 0.497 e. The van der Waals surface area contributed by atoms with Gasteiger partial charge in [0.15, 0.2) is 0 Å². The lowest BCUT2D eigenvalue weighted by Crippen LogP contribution is -2.19. The van der Waals surface area contributed by atoms with Crippen molar-refractivity contribution in [2.75, 3.05) is 26.9 Å². The van der Waals surface area contributed by atoms with Crippen molar-refractivity contribution in [2.24, 2.45) is 0 Å². The first-order chi connectivity index (χ1) is 6.86. The molecule has 14 heavy (non-hydrogen) atoms. The number of rotatable bonds is 6. The fourth-order valence-corrected chi connectivity index (χ4v) is 1.22. The van der Waals surface area contributed by atoms with Crippen LogP contribution < -0.4 is 10.1 Å². The molecule has 1 rings (SSSR count). The molecule has 0 aliphatic rings. The van der Waals surface area contributed by atoms with Crippen molar-refractivity contribution in [3.05, 3.63) is 29.8 Å². The van der Waals surface area contributed by atoms with Gasteiger partial charge in [-0.3, -0.25) is 0 Å². The molecule has 0 amide bonds. The molecular formula is C11H16FNO. The molecule has 2 nitrogen and oxygen atoms in total. The van der Waals surface area contributed by atoms with Crippen molar-refractivity contribution in [1.29, 1.82) is 0 Å². The Morgan fingerprint density at radius 1 is 1.21 bits per heavy atom. The second-order valence-corrected chi connectivity index (χ2v) is 3.04. The van der Waals surface area contributed by atoms with E-state index >= 15 is 0 Å². The van der Waals surface area contributed by atoms with Gasteiger partial charge in [-0.15, -0.1) is 0 Å². The second-order valence-electron chi connectivity index (χ2n) is 3.04. The lowest BCUT2D eigenvalue weighted by molar-refractivity contribution is 0.414. The van der Waals surface area contributed by atoms with Gasteiger partial charge in [-0.1, -0.05) is 12.1 Å².